The number of hydrogen-bond acceptors (Lipinski definition) is 4. The minimum absolute atomic E-state index is 0.242. The Hall–Kier alpha value is -2.67. The second kappa shape index (κ2) is 6.45. The molecule has 124 valence electrons. The lowest BCUT2D eigenvalue weighted by Crippen LogP contribution is -2.00. The maximum atomic E-state index is 12.9. The Balaban J connectivity index is 1.66. The van der Waals surface area contributed by atoms with Crippen molar-refractivity contribution in [3.63, 3.8) is 0 Å². The summed E-state index contributed by atoms with van der Waals surface area (Å²) in [5.74, 6) is 0.255. The minimum Gasteiger partial charge on any atom is -0.487 e. The molecule has 24 heavy (non-hydrogen) atoms. The average molecular weight is 346 g/mol. The highest BCUT2D eigenvalue weighted by Gasteiger charge is 2.07. The van der Waals surface area contributed by atoms with E-state index in [1.807, 2.05) is 0 Å². The van der Waals surface area contributed by atoms with Gasteiger partial charge in [-0.05, 0) is 54.6 Å². The van der Waals surface area contributed by atoms with Gasteiger partial charge in [-0.25, -0.2) is 17.5 Å². The normalized spacial score (nSPS) is 11.4. The van der Waals surface area contributed by atoms with E-state index in [1.54, 1.807) is 41.2 Å². The Kier molecular flexibility index (Phi) is 4.35. The number of halogens is 1. The van der Waals surface area contributed by atoms with E-state index < -0.39 is 9.84 Å². The smallest absolute Gasteiger partial charge is 0.175 e. The lowest BCUT2D eigenvalue weighted by molar-refractivity contribution is 0.300. The van der Waals surface area contributed by atoms with Crippen LogP contribution in [0.15, 0.2) is 65.7 Å². The molecule has 0 unspecified atom stereocenters. The number of benzene rings is 2. The van der Waals surface area contributed by atoms with Gasteiger partial charge in [0.2, 0.25) is 0 Å². The fourth-order valence-corrected chi connectivity index (χ4v) is 2.75. The number of sulfone groups is 1. The van der Waals surface area contributed by atoms with Crippen LogP contribution in [0.1, 0.15) is 5.69 Å². The van der Waals surface area contributed by atoms with E-state index in [9.17, 15) is 12.8 Å². The van der Waals surface area contributed by atoms with Gasteiger partial charge >= 0.3 is 0 Å². The van der Waals surface area contributed by atoms with E-state index in [-0.39, 0.29) is 17.3 Å². The Labute approximate surface area is 139 Å². The van der Waals surface area contributed by atoms with Crippen LogP contribution in [0.25, 0.3) is 5.69 Å². The summed E-state index contributed by atoms with van der Waals surface area (Å²) >= 11 is 0. The van der Waals surface area contributed by atoms with Crippen molar-refractivity contribution in [3.8, 4) is 11.4 Å². The molecule has 3 rings (SSSR count). The molecule has 0 bridgehead atoms. The molecule has 7 heteroatoms. The second-order valence-electron chi connectivity index (χ2n) is 5.26. The standard InChI is InChI=1S/C17H15FN2O3S/c1-24(21,22)17-8-6-16(7-9-17)23-12-14-10-11-20(19-14)15-4-2-13(18)3-5-15/h2-11H,12H2,1H3. The Bertz CT molecular complexity index is 933. The quantitative estimate of drug-likeness (QED) is 0.712. The monoisotopic (exact) mass is 346 g/mol. The molecule has 3 aromatic rings. The highest BCUT2D eigenvalue weighted by molar-refractivity contribution is 7.90. The summed E-state index contributed by atoms with van der Waals surface area (Å²) < 4.78 is 43.0. The summed E-state index contributed by atoms with van der Waals surface area (Å²) in [5, 5.41) is 4.36. The Morgan fingerprint density at radius 2 is 1.71 bits per heavy atom. The first kappa shape index (κ1) is 16.2. The number of hydrogen-bond donors (Lipinski definition) is 0. The molecule has 1 aromatic heterocycles. The topological polar surface area (TPSA) is 61.2 Å². The summed E-state index contributed by atoms with van der Waals surface area (Å²) in [7, 11) is -3.22. The molecule has 0 aliphatic rings. The molecule has 0 N–H and O–H groups in total. The third-order valence-electron chi connectivity index (χ3n) is 3.37. The van der Waals surface area contributed by atoms with Crippen LogP contribution in [-0.2, 0) is 16.4 Å². The summed E-state index contributed by atoms with van der Waals surface area (Å²) in [4.78, 5) is 0.246. The van der Waals surface area contributed by atoms with Gasteiger partial charge in [0.05, 0.1) is 10.6 Å². The lowest BCUT2D eigenvalue weighted by Gasteiger charge is -2.05. The van der Waals surface area contributed by atoms with Crippen molar-refractivity contribution in [3.05, 3.63) is 72.3 Å². The summed E-state index contributed by atoms with van der Waals surface area (Å²) in [6.45, 7) is 0.242. The van der Waals surface area contributed by atoms with Crippen molar-refractivity contribution < 1.29 is 17.5 Å². The highest BCUT2D eigenvalue weighted by atomic mass is 32.2. The van der Waals surface area contributed by atoms with Crippen LogP contribution in [0, 0.1) is 5.82 Å². The van der Waals surface area contributed by atoms with Crippen molar-refractivity contribution >= 4 is 9.84 Å². The Morgan fingerprint density at radius 1 is 1.04 bits per heavy atom. The zero-order chi connectivity index (χ0) is 17.2. The fraction of sp³-hybridized carbons (Fsp3) is 0.118. The van der Waals surface area contributed by atoms with Gasteiger partial charge in [-0.2, -0.15) is 5.10 Å². The maximum absolute atomic E-state index is 12.9. The number of aromatic nitrogens is 2. The molecule has 0 saturated carbocycles. The number of nitrogens with zero attached hydrogens (tertiary/aromatic N) is 2. The van der Waals surface area contributed by atoms with E-state index in [1.165, 1.54) is 24.3 Å². The van der Waals surface area contributed by atoms with Gasteiger partial charge in [-0.3, -0.25) is 0 Å². The second-order valence-corrected chi connectivity index (χ2v) is 7.28. The first-order valence-corrected chi connectivity index (χ1v) is 9.04. The molecule has 5 nitrogen and oxygen atoms in total. The van der Waals surface area contributed by atoms with Crippen molar-refractivity contribution in [2.45, 2.75) is 11.5 Å². The maximum Gasteiger partial charge on any atom is 0.175 e. The van der Waals surface area contributed by atoms with Crippen molar-refractivity contribution in [2.75, 3.05) is 6.26 Å². The molecule has 1 heterocycles. The van der Waals surface area contributed by atoms with Crippen LogP contribution in [0.3, 0.4) is 0 Å². The molecule has 0 aliphatic carbocycles. The largest absolute Gasteiger partial charge is 0.487 e. The first-order valence-electron chi connectivity index (χ1n) is 7.15. The van der Waals surface area contributed by atoms with Gasteiger partial charge in [0.25, 0.3) is 0 Å². The van der Waals surface area contributed by atoms with Crippen molar-refractivity contribution in [2.24, 2.45) is 0 Å². The summed E-state index contributed by atoms with van der Waals surface area (Å²) in [6.07, 6.45) is 2.92. The van der Waals surface area contributed by atoms with Crippen molar-refractivity contribution in [1.29, 1.82) is 0 Å². The molecule has 0 fully saturated rings. The van der Waals surface area contributed by atoms with Gasteiger partial charge in [0.1, 0.15) is 23.9 Å². The fourth-order valence-electron chi connectivity index (χ4n) is 2.12. The van der Waals surface area contributed by atoms with Crippen LogP contribution in [0.2, 0.25) is 0 Å². The molecule has 0 radical (unpaired) electrons. The molecule has 0 amide bonds. The molecule has 0 saturated heterocycles. The van der Waals surface area contributed by atoms with Gasteiger partial charge < -0.3 is 4.74 Å². The van der Waals surface area contributed by atoms with E-state index in [2.05, 4.69) is 5.10 Å². The van der Waals surface area contributed by atoms with Gasteiger partial charge in [0.15, 0.2) is 9.84 Å². The SMILES string of the molecule is CS(=O)(=O)c1ccc(OCc2ccn(-c3ccc(F)cc3)n2)cc1. The Morgan fingerprint density at radius 3 is 2.33 bits per heavy atom. The molecule has 0 atom stereocenters. The zero-order valence-electron chi connectivity index (χ0n) is 12.9. The zero-order valence-corrected chi connectivity index (χ0v) is 13.7. The molecule has 0 aliphatic heterocycles. The van der Waals surface area contributed by atoms with E-state index in [4.69, 9.17) is 4.74 Å². The summed E-state index contributed by atoms with van der Waals surface area (Å²) in [6, 6.07) is 14.0. The first-order chi connectivity index (χ1) is 11.4. The predicted molar refractivity (Wildman–Crippen MR) is 87.4 cm³/mol. The minimum atomic E-state index is -3.22. The van der Waals surface area contributed by atoms with Crippen LogP contribution in [0.4, 0.5) is 4.39 Å². The molecule has 0 spiro atoms. The molecular weight excluding hydrogens is 331 g/mol. The van der Waals surface area contributed by atoms with Crippen LogP contribution < -0.4 is 4.74 Å². The third kappa shape index (κ3) is 3.80. The highest BCUT2D eigenvalue weighted by Crippen LogP contribution is 2.17. The van der Waals surface area contributed by atoms with Gasteiger partial charge in [-0.15, -0.1) is 0 Å². The van der Waals surface area contributed by atoms with E-state index in [0.717, 1.165) is 11.9 Å². The van der Waals surface area contributed by atoms with Crippen LogP contribution in [-0.4, -0.2) is 24.5 Å². The number of rotatable bonds is 5. The van der Waals surface area contributed by atoms with Gasteiger partial charge in [0, 0.05) is 12.5 Å². The number of ether oxygens (including phenoxy) is 1. The predicted octanol–water partition coefficient (Wildman–Crippen LogP) is 2.99. The van der Waals surface area contributed by atoms with Crippen molar-refractivity contribution in [1.82, 2.24) is 9.78 Å². The van der Waals surface area contributed by atoms with Gasteiger partial charge in [-0.1, -0.05) is 0 Å². The van der Waals surface area contributed by atoms with Crippen LogP contribution in [0.5, 0.6) is 5.75 Å². The molecule has 2 aromatic carbocycles. The van der Waals surface area contributed by atoms with E-state index >= 15 is 0 Å². The summed E-state index contributed by atoms with van der Waals surface area (Å²) in [5.41, 5.74) is 1.45. The average Bonchev–Trinajstić information content (AvgIpc) is 3.02. The van der Waals surface area contributed by atoms with Crippen LogP contribution >= 0.6 is 0 Å². The van der Waals surface area contributed by atoms with E-state index in [0.29, 0.717) is 11.4 Å². The lowest BCUT2D eigenvalue weighted by atomic mass is 10.3. The molecular formula is C17H15FN2O3S. The third-order valence-corrected chi connectivity index (χ3v) is 4.50.